The maximum absolute atomic E-state index is 11.5. The first-order valence-corrected chi connectivity index (χ1v) is 4.92. The molecule has 1 heterocycles. The van der Waals surface area contributed by atoms with Crippen molar-refractivity contribution in [2.24, 2.45) is 0 Å². The molecule has 0 spiro atoms. The Hall–Kier alpha value is -0.810. The summed E-state index contributed by atoms with van der Waals surface area (Å²) in [5.41, 5.74) is 0. The number of urea groups is 1. The molecule has 1 aliphatic rings. The van der Waals surface area contributed by atoms with E-state index in [1.54, 1.807) is 4.90 Å². The van der Waals surface area contributed by atoms with Gasteiger partial charge in [-0.3, -0.25) is 10.1 Å². The van der Waals surface area contributed by atoms with Crippen LogP contribution in [0.25, 0.3) is 0 Å². The minimum atomic E-state index is -0.477. The molecule has 0 aromatic carbocycles. The van der Waals surface area contributed by atoms with E-state index in [2.05, 4.69) is 5.32 Å². The lowest BCUT2D eigenvalue weighted by Crippen LogP contribution is -2.52. The number of nitrogens with one attached hydrogen (secondary N) is 1. The van der Waals surface area contributed by atoms with E-state index < -0.39 is 11.9 Å². The number of amides is 3. The van der Waals surface area contributed by atoms with E-state index in [1.807, 2.05) is 6.92 Å². The Balaban J connectivity index is 2.46. The average molecular weight is 221 g/mol. The van der Waals surface area contributed by atoms with Gasteiger partial charge >= 0.3 is 6.03 Å². The van der Waals surface area contributed by atoms with Gasteiger partial charge in [0.25, 0.3) is 0 Å². The summed E-state index contributed by atoms with van der Waals surface area (Å²) >= 11 is 5.26. The molecule has 14 heavy (non-hydrogen) atoms. The molecule has 1 aliphatic heterocycles. The molecular formula is C8H13ClN2O3. The number of hydrogen-bond acceptors (Lipinski definition) is 3. The lowest BCUT2D eigenvalue weighted by atomic mass is 10.3. The second kappa shape index (κ2) is 5.17. The maximum Gasteiger partial charge on any atom is 0.324 e. The minimum absolute atomic E-state index is 0.00752. The number of hydrogen-bond donors (Lipinski definition) is 1. The Labute approximate surface area is 87.3 Å². The van der Waals surface area contributed by atoms with Crippen LogP contribution in [-0.2, 0) is 9.53 Å². The van der Waals surface area contributed by atoms with Crippen molar-refractivity contribution in [3.05, 3.63) is 0 Å². The van der Waals surface area contributed by atoms with Crippen molar-refractivity contribution in [1.82, 2.24) is 10.2 Å². The topological polar surface area (TPSA) is 58.6 Å². The Bertz CT molecular complexity index is 235. The largest absolute Gasteiger partial charge is 0.377 e. The number of ether oxygens (including phenoxy) is 1. The first-order chi connectivity index (χ1) is 6.65. The number of imide groups is 1. The van der Waals surface area contributed by atoms with Crippen LogP contribution in [0.15, 0.2) is 0 Å². The highest BCUT2D eigenvalue weighted by Gasteiger charge is 2.24. The molecule has 1 N–H and O–H groups in total. The summed E-state index contributed by atoms with van der Waals surface area (Å²) < 4.78 is 5.16. The molecular weight excluding hydrogens is 208 g/mol. The fraction of sp³-hybridized carbons (Fsp3) is 0.750. The molecule has 3 amide bonds. The first-order valence-electron chi connectivity index (χ1n) is 4.39. The summed E-state index contributed by atoms with van der Waals surface area (Å²) in [7, 11) is 0. The Morgan fingerprint density at radius 3 is 2.93 bits per heavy atom. The Morgan fingerprint density at radius 1 is 1.64 bits per heavy atom. The zero-order valence-corrected chi connectivity index (χ0v) is 8.71. The minimum Gasteiger partial charge on any atom is -0.377 e. The van der Waals surface area contributed by atoms with E-state index >= 15 is 0 Å². The summed E-state index contributed by atoms with van der Waals surface area (Å²) in [6.07, 6.45) is 0. The van der Waals surface area contributed by atoms with Gasteiger partial charge in [0.2, 0.25) is 5.91 Å². The van der Waals surface area contributed by atoms with Gasteiger partial charge < -0.3 is 9.64 Å². The number of morpholine rings is 1. The number of halogens is 1. The second-order valence-electron chi connectivity index (χ2n) is 3.10. The van der Waals surface area contributed by atoms with Crippen LogP contribution >= 0.6 is 11.6 Å². The normalized spacial score (nSPS) is 21.9. The van der Waals surface area contributed by atoms with Crippen LogP contribution in [-0.4, -0.2) is 48.5 Å². The molecule has 80 valence electrons. The standard InChI is InChI=1S/C8H13ClN2O3/c1-6-5-14-3-2-11(6)8(13)10-7(12)4-9/h6H,2-5H2,1H3,(H,10,12,13). The summed E-state index contributed by atoms with van der Waals surface area (Å²) in [4.78, 5) is 23.9. The second-order valence-corrected chi connectivity index (χ2v) is 3.37. The third kappa shape index (κ3) is 2.85. The first kappa shape index (κ1) is 11.3. The van der Waals surface area contributed by atoms with Gasteiger partial charge in [-0.2, -0.15) is 0 Å². The van der Waals surface area contributed by atoms with E-state index in [0.29, 0.717) is 19.8 Å². The van der Waals surface area contributed by atoms with Gasteiger partial charge in [-0.1, -0.05) is 0 Å². The van der Waals surface area contributed by atoms with Crippen molar-refractivity contribution in [2.75, 3.05) is 25.6 Å². The van der Waals surface area contributed by atoms with Gasteiger partial charge in [-0.05, 0) is 6.92 Å². The molecule has 1 unspecified atom stereocenters. The van der Waals surface area contributed by atoms with Crippen LogP contribution < -0.4 is 5.32 Å². The summed E-state index contributed by atoms with van der Waals surface area (Å²) in [5, 5.41) is 2.19. The fourth-order valence-electron chi connectivity index (χ4n) is 1.25. The molecule has 1 fully saturated rings. The van der Waals surface area contributed by atoms with E-state index in [9.17, 15) is 9.59 Å². The summed E-state index contributed by atoms with van der Waals surface area (Å²) in [6.45, 7) is 3.38. The predicted octanol–water partition coefficient (Wildman–Crippen LogP) is 0.182. The van der Waals surface area contributed by atoms with Crippen LogP contribution in [0.2, 0.25) is 0 Å². The average Bonchev–Trinajstić information content (AvgIpc) is 2.18. The quantitative estimate of drug-likeness (QED) is 0.642. The molecule has 0 aromatic heterocycles. The zero-order valence-electron chi connectivity index (χ0n) is 7.96. The molecule has 1 atom stereocenters. The molecule has 0 aromatic rings. The van der Waals surface area contributed by atoms with Gasteiger partial charge in [-0.25, -0.2) is 4.79 Å². The molecule has 1 rings (SSSR count). The number of carbonyl (C=O) groups excluding carboxylic acids is 2. The Kier molecular flexibility index (Phi) is 4.16. The molecule has 0 aliphatic carbocycles. The van der Waals surface area contributed by atoms with Gasteiger partial charge in [0.05, 0.1) is 19.3 Å². The van der Waals surface area contributed by atoms with Gasteiger partial charge in [0, 0.05) is 6.54 Å². The highest BCUT2D eigenvalue weighted by Crippen LogP contribution is 2.05. The van der Waals surface area contributed by atoms with Crippen molar-refractivity contribution in [3.8, 4) is 0 Å². The molecule has 0 radical (unpaired) electrons. The molecule has 0 saturated carbocycles. The van der Waals surface area contributed by atoms with Crippen molar-refractivity contribution < 1.29 is 14.3 Å². The molecule has 0 bridgehead atoms. The smallest absolute Gasteiger partial charge is 0.324 e. The number of alkyl halides is 1. The fourth-order valence-corrected chi connectivity index (χ4v) is 1.32. The Morgan fingerprint density at radius 2 is 2.36 bits per heavy atom. The highest BCUT2D eigenvalue weighted by atomic mass is 35.5. The van der Waals surface area contributed by atoms with Crippen LogP contribution in [0.1, 0.15) is 6.92 Å². The SMILES string of the molecule is CC1COCCN1C(=O)NC(=O)CCl. The van der Waals surface area contributed by atoms with Crippen molar-refractivity contribution >= 4 is 23.5 Å². The lowest BCUT2D eigenvalue weighted by Gasteiger charge is -2.32. The van der Waals surface area contributed by atoms with Gasteiger partial charge in [-0.15, -0.1) is 11.6 Å². The van der Waals surface area contributed by atoms with Crippen molar-refractivity contribution in [1.29, 1.82) is 0 Å². The van der Waals surface area contributed by atoms with Crippen LogP contribution in [0, 0.1) is 0 Å². The third-order valence-corrected chi connectivity index (χ3v) is 2.24. The molecule has 6 heteroatoms. The molecule has 1 saturated heterocycles. The predicted molar refractivity (Wildman–Crippen MR) is 51.2 cm³/mol. The van der Waals surface area contributed by atoms with E-state index in [-0.39, 0.29) is 11.9 Å². The van der Waals surface area contributed by atoms with Crippen LogP contribution in [0.4, 0.5) is 4.79 Å². The van der Waals surface area contributed by atoms with Crippen LogP contribution in [0.5, 0.6) is 0 Å². The van der Waals surface area contributed by atoms with E-state index in [4.69, 9.17) is 16.3 Å². The zero-order chi connectivity index (χ0) is 10.6. The number of carbonyl (C=O) groups is 2. The van der Waals surface area contributed by atoms with Gasteiger partial charge in [0.1, 0.15) is 5.88 Å². The summed E-state index contributed by atoms with van der Waals surface area (Å²) in [5.74, 6) is -0.680. The van der Waals surface area contributed by atoms with Crippen LogP contribution in [0.3, 0.4) is 0 Å². The lowest BCUT2D eigenvalue weighted by molar-refractivity contribution is -0.118. The highest BCUT2D eigenvalue weighted by molar-refractivity contribution is 6.28. The van der Waals surface area contributed by atoms with E-state index in [0.717, 1.165) is 0 Å². The molecule has 5 nitrogen and oxygen atoms in total. The number of rotatable bonds is 1. The van der Waals surface area contributed by atoms with Crippen molar-refractivity contribution in [2.45, 2.75) is 13.0 Å². The van der Waals surface area contributed by atoms with Crippen molar-refractivity contribution in [3.63, 3.8) is 0 Å². The monoisotopic (exact) mass is 220 g/mol. The van der Waals surface area contributed by atoms with Gasteiger partial charge in [0.15, 0.2) is 0 Å². The number of nitrogens with zero attached hydrogens (tertiary/aromatic N) is 1. The third-order valence-electron chi connectivity index (χ3n) is 2.00. The van der Waals surface area contributed by atoms with E-state index in [1.165, 1.54) is 0 Å². The maximum atomic E-state index is 11.5. The summed E-state index contributed by atoms with van der Waals surface area (Å²) in [6, 6.07) is -0.404.